The van der Waals surface area contributed by atoms with Gasteiger partial charge in [-0.3, -0.25) is 4.79 Å². The molecule has 2 aromatic carbocycles. The number of carbonyl (C=O) groups is 2. The van der Waals surface area contributed by atoms with Gasteiger partial charge in [0.15, 0.2) is 6.61 Å². The maximum atomic E-state index is 12.1. The second-order valence-electron chi connectivity index (χ2n) is 5.36. The molecule has 6 nitrogen and oxygen atoms in total. The predicted octanol–water partition coefficient (Wildman–Crippen LogP) is 4.55. The van der Waals surface area contributed by atoms with Gasteiger partial charge in [-0.05, 0) is 24.3 Å². The molecule has 3 aromatic rings. The fraction of sp³-hybridized carbons (Fsp3) is 0.0556. The highest BCUT2D eigenvalue weighted by Gasteiger charge is 2.17. The lowest BCUT2D eigenvalue weighted by molar-refractivity contribution is -0.119. The van der Waals surface area contributed by atoms with Gasteiger partial charge in [0.2, 0.25) is 0 Å². The fourth-order valence-corrected chi connectivity index (χ4v) is 2.81. The average Bonchev–Trinajstić information content (AvgIpc) is 2.63. The first-order valence-corrected chi connectivity index (χ1v) is 8.63. The molecule has 1 amide bonds. The zero-order valence-electron chi connectivity index (χ0n) is 13.4. The number of hydrogen-bond acceptors (Lipinski definition) is 5. The third-order valence-corrected chi connectivity index (χ3v) is 4.51. The number of halogens is 3. The van der Waals surface area contributed by atoms with Crippen LogP contribution in [0.2, 0.25) is 15.1 Å². The highest BCUT2D eigenvalue weighted by molar-refractivity contribution is 6.44. The van der Waals surface area contributed by atoms with Crippen LogP contribution in [-0.2, 0) is 9.53 Å². The minimum atomic E-state index is -0.982. The zero-order valence-corrected chi connectivity index (χ0v) is 15.7. The van der Waals surface area contributed by atoms with Crippen LogP contribution in [0.25, 0.3) is 11.0 Å². The molecule has 27 heavy (non-hydrogen) atoms. The molecule has 0 unspecified atom stereocenters. The second-order valence-corrected chi connectivity index (χ2v) is 6.58. The number of esters is 1. The summed E-state index contributed by atoms with van der Waals surface area (Å²) >= 11 is 17.6. The smallest absolute Gasteiger partial charge is 0.351 e. The summed E-state index contributed by atoms with van der Waals surface area (Å²) in [6.45, 7) is -0.637. The molecular weight excluding hydrogens is 417 g/mol. The van der Waals surface area contributed by atoms with Gasteiger partial charge in [0.05, 0.1) is 20.8 Å². The lowest BCUT2D eigenvalue weighted by Crippen LogP contribution is -2.23. The zero-order chi connectivity index (χ0) is 19.6. The number of hydrogen-bond donors (Lipinski definition) is 1. The maximum Gasteiger partial charge on any atom is 0.351 e. The summed E-state index contributed by atoms with van der Waals surface area (Å²) in [6.07, 6.45) is 0. The minimum absolute atomic E-state index is 0.166. The van der Waals surface area contributed by atoms with E-state index in [1.807, 2.05) is 0 Å². The largest absolute Gasteiger partial charge is 0.452 e. The van der Waals surface area contributed by atoms with Gasteiger partial charge in [0.25, 0.3) is 5.91 Å². The Kier molecular flexibility index (Phi) is 5.70. The molecule has 1 heterocycles. The number of ether oxygens (including phenoxy) is 1. The van der Waals surface area contributed by atoms with E-state index in [4.69, 9.17) is 44.0 Å². The molecule has 138 valence electrons. The molecule has 0 atom stereocenters. The van der Waals surface area contributed by atoms with Crippen molar-refractivity contribution in [1.82, 2.24) is 0 Å². The van der Waals surface area contributed by atoms with Gasteiger partial charge in [0.1, 0.15) is 11.1 Å². The molecule has 0 radical (unpaired) electrons. The molecule has 0 saturated carbocycles. The van der Waals surface area contributed by atoms with E-state index in [-0.39, 0.29) is 26.3 Å². The average molecular weight is 427 g/mol. The van der Waals surface area contributed by atoms with Crippen LogP contribution in [0.3, 0.4) is 0 Å². The lowest BCUT2D eigenvalue weighted by atomic mass is 10.2. The van der Waals surface area contributed by atoms with Gasteiger partial charge >= 0.3 is 11.6 Å². The van der Waals surface area contributed by atoms with Gasteiger partial charge < -0.3 is 14.5 Å². The summed E-state index contributed by atoms with van der Waals surface area (Å²) in [5.41, 5.74) is -0.621. The van der Waals surface area contributed by atoms with E-state index in [2.05, 4.69) is 5.32 Å². The van der Waals surface area contributed by atoms with E-state index in [0.717, 1.165) is 0 Å². The van der Waals surface area contributed by atoms with Crippen LogP contribution in [-0.4, -0.2) is 18.5 Å². The molecule has 0 aliphatic heterocycles. The Morgan fingerprint density at radius 2 is 1.70 bits per heavy atom. The van der Waals surface area contributed by atoms with Crippen molar-refractivity contribution in [1.29, 1.82) is 0 Å². The van der Waals surface area contributed by atoms with Crippen molar-refractivity contribution in [2.24, 2.45) is 0 Å². The van der Waals surface area contributed by atoms with E-state index < -0.39 is 24.1 Å². The SMILES string of the molecule is O=C(COC(=O)c1cc2ccccc2oc1=O)Nc1cc(Cl)c(Cl)cc1Cl. The van der Waals surface area contributed by atoms with Gasteiger partial charge in [-0.2, -0.15) is 0 Å². The van der Waals surface area contributed by atoms with Gasteiger partial charge in [-0.15, -0.1) is 0 Å². The van der Waals surface area contributed by atoms with Crippen molar-refractivity contribution in [2.45, 2.75) is 0 Å². The summed E-state index contributed by atoms with van der Waals surface area (Å²) in [6, 6.07) is 10.8. The van der Waals surface area contributed by atoms with Crippen molar-refractivity contribution in [3.63, 3.8) is 0 Å². The molecule has 0 saturated heterocycles. The Morgan fingerprint density at radius 3 is 2.48 bits per heavy atom. The topological polar surface area (TPSA) is 85.6 Å². The molecular formula is C18H10Cl3NO5. The number of benzene rings is 2. The number of anilines is 1. The number of fused-ring (bicyclic) bond motifs is 1. The molecule has 9 heteroatoms. The Morgan fingerprint density at radius 1 is 1.00 bits per heavy atom. The Hall–Kier alpha value is -2.54. The van der Waals surface area contributed by atoms with E-state index >= 15 is 0 Å². The van der Waals surface area contributed by atoms with Crippen molar-refractivity contribution >= 4 is 63.3 Å². The van der Waals surface area contributed by atoms with Crippen LogP contribution in [0.1, 0.15) is 10.4 Å². The number of nitrogens with one attached hydrogen (secondary N) is 1. The molecule has 3 rings (SSSR count). The Bertz CT molecular complexity index is 1110. The number of amides is 1. The summed E-state index contributed by atoms with van der Waals surface area (Å²) in [4.78, 5) is 36.0. The third-order valence-electron chi connectivity index (χ3n) is 3.48. The first-order chi connectivity index (χ1) is 12.8. The van der Waals surface area contributed by atoms with Gasteiger partial charge in [-0.1, -0.05) is 53.0 Å². The molecule has 0 bridgehead atoms. The summed E-state index contributed by atoms with van der Waals surface area (Å²) in [7, 11) is 0. The van der Waals surface area contributed by atoms with E-state index in [9.17, 15) is 14.4 Å². The number of carbonyl (C=O) groups excluding carboxylic acids is 2. The van der Waals surface area contributed by atoms with E-state index in [1.54, 1.807) is 24.3 Å². The first-order valence-electron chi connectivity index (χ1n) is 7.49. The quantitative estimate of drug-likeness (QED) is 0.376. The normalized spacial score (nSPS) is 10.6. The molecule has 0 aliphatic carbocycles. The highest BCUT2D eigenvalue weighted by Crippen LogP contribution is 2.32. The van der Waals surface area contributed by atoms with Gasteiger partial charge in [-0.25, -0.2) is 9.59 Å². The van der Waals surface area contributed by atoms with E-state index in [0.29, 0.717) is 11.0 Å². The molecule has 1 aromatic heterocycles. The van der Waals surface area contributed by atoms with Crippen LogP contribution in [0, 0.1) is 0 Å². The third kappa shape index (κ3) is 4.42. The first kappa shape index (κ1) is 19.2. The monoisotopic (exact) mass is 425 g/mol. The van der Waals surface area contributed by atoms with Gasteiger partial charge in [0, 0.05) is 5.39 Å². The molecule has 0 aliphatic rings. The Balaban J connectivity index is 1.69. The van der Waals surface area contributed by atoms with Crippen LogP contribution >= 0.6 is 34.8 Å². The second kappa shape index (κ2) is 8.00. The van der Waals surface area contributed by atoms with Crippen molar-refractivity contribution in [3.05, 3.63) is 73.5 Å². The standard InChI is InChI=1S/C18H10Cl3NO5/c19-11-6-13(21)14(7-12(11)20)22-16(23)8-26-17(24)10-5-9-3-1-2-4-15(9)27-18(10)25/h1-7H,8H2,(H,22,23). The predicted molar refractivity (Wildman–Crippen MR) is 103 cm³/mol. The summed E-state index contributed by atoms with van der Waals surface area (Å²) < 4.78 is 9.93. The van der Waals surface area contributed by atoms with Crippen LogP contribution in [0.4, 0.5) is 5.69 Å². The fourth-order valence-electron chi connectivity index (χ4n) is 2.22. The van der Waals surface area contributed by atoms with Crippen molar-refractivity contribution in [2.75, 3.05) is 11.9 Å². The lowest BCUT2D eigenvalue weighted by Gasteiger charge is -2.09. The van der Waals surface area contributed by atoms with Crippen LogP contribution in [0.5, 0.6) is 0 Å². The highest BCUT2D eigenvalue weighted by atomic mass is 35.5. The van der Waals surface area contributed by atoms with Crippen molar-refractivity contribution < 1.29 is 18.7 Å². The number of rotatable bonds is 4. The number of para-hydroxylation sites is 1. The minimum Gasteiger partial charge on any atom is -0.452 e. The van der Waals surface area contributed by atoms with Crippen LogP contribution < -0.4 is 10.9 Å². The Labute approximate surface area is 167 Å². The van der Waals surface area contributed by atoms with Crippen molar-refractivity contribution in [3.8, 4) is 0 Å². The molecule has 0 spiro atoms. The van der Waals surface area contributed by atoms with E-state index in [1.165, 1.54) is 18.2 Å². The maximum absolute atomic E-state index is 12.1. The molecule has 0 fully saturated rings. The van der Waals surface area contributed by atoms with Crippen LogP contribution in [0.15, 0.2) is 51.7 Å². The molecule has 1 N–H and O–H groups in total. The summed E-state index contributed by atoms with van der Waals surface area (Å²) in [5.74, 6) is -1.65. The summed E-state index contributed by atoms with van der Waals surface area (Å²) in [5, 5.41) is 3.58.